The van der Waals surface area contributed by atoms with E-state index in [1.807, 2.05) is 6.08 Å². The average Bonchev–Trinajstić information content (AvgIpc) is 2.29. The highest BCUT2D eigenvalue weighted by Crippen LogP contribution is 2.41. The van der Waals surface area contributed by atoms with Crippen LogP contribution >= 0.6 is 0 Å². The normalized spacial score (nSPS) is 27.8. The summed E-state index contributed by atoms with van der Waals surface area (Å²) in [5.74, 6) is 1.81. The minimum Gasteiger partial charge on any atom is -0.317 e. The second-order valence-corrected chi connectivity index (χ2v) is 6.74. The fraction of sp³-hybridized carbons (Fsp3) is 0.875. The summed E-state index contributed by atoms with van der Waals surface area (Å²) in [5, 5.41) is 3.51. The Kier molecular flexibility index (Phi) is 5.72. The van der Waals surface area contributed by atoms with E-state index in [9.17, 15) is 0 Å². The van der Waals surface area contributed by atoms with E-state index in [4.69, 9.17) is 0 Å². The summed E-state index contributed by atoms with van der Waals surface area (Å²) < 4.78 is 0. The molecule has 0 aromatic carbocycles. The molecule has 1 fully saturated rings. The Bertz CT molecular complexity index is 218. The van der Waals surface area contributed by atoms with Crippen molar-refractivity contribution in [2.45, 2.75) is 65.3 Å². The second kappa shape index (κ2) is 6.58. The maximum atomic E-state index is 3.83. The van der Waals surface area contributed by atoms with Crippen molar-refractivity contribution in [2.24, 2.45) is 17.3 Å². The molecule has 1 aliphatic rings. The summed E-state index contributed by atoms with van der Waals surface area (Å²) in [6.07, 6.45) is 10.1. The van der Waals surface area contributed by atoms with Gasteiger partial charge in [0.2, 0.25) is 0 Å². The van der Waals surface area contributed by atoms with E-state index < -0.39 is 0 Å². The lowest BCUT2D eigenvalue weighted by Gasteiger charge is -2.39. The van der Waals surface area contributed by atoms with Gasteiger partial charge in [-0.1, -0.05) is 26.8 Å². The van der Waals surface area contributed by atoms with Gasteiger partial charge in [-0.2, -0.15) is 0 Å². The van der Waals surface area contributed by atoms with Crippen LogP contribution in [0, 0.1) is 17.3 Å². The molecule has 1 saturated carbocycles. The van der Waals surface area contributed by atoms with Crippen LogP contribution in [0.25, 0.3) is 0 Å². The first-order valence-electron chi connectivity index (χ1n) is 7.27. The molecule has 0 spiro atoms. The SMILES string of the molecule is C=CCCC(NC)C1CCC(C(C)(C)C)CC1. The van der Waals surface area contributed by atoms with E-state index in [2.05, 4.69) is 39.7 Å². The van der Waals surface area contributed by atoms with Crippen LogP contribution in [0.2, 0.25) is 0 Å². The Hall–Kier alpha value is -0.300. The zero-order valence-corrected chi connectivity index (χ0v) is 12.3. The van der Waals surface area contributed by atoms with Crippen molar-refractivity contribution < 1.29 is 0 Å². The van der Waals surface area contributed by atoms with Gasteiger partial charge in [-0.3, -0.25) is 0 Å². The fourth-order valence-corrected chi connectivity index (χ4v) is 3.30. The van der Waals surface area contributed by atoms with Gasteiger partial charge < -0.3 is 5.32 Å². The third kappa shape index (κ3) is 4.46. The quantitative estimate of drug-likeness (QED) is 0.699. The molecule has 0 heterocycles. The largest absolute Gasteiger partial charge is 0.317 e. The predicted octanol–water partition coefficient (Wildman–Crippen LogP) is 4.39. The van der Waals surface area contributed by atoms with Crippen molar-refractivity contribution in [3.05, 3.63) is 12.7 Å². The zero-order valence-electron chi connectivity index (χ0n) is 12.3. The molecule has 1 nitrogen and oxygen atoms in total. The monoisotopic (exact) mass is 237 g/mol. The molecule has 100 valence electrons. The van der Waals surface area contributed by atoms with Crippen molar-refractivity contribution in [3.63, 3.8) is 0 Å². The molecule has 1 rings (SSSR count). The summed E-state index contributed by atoms with van der Waals surface area (Å²) in [6, 6.07) is 0.703. The van der Waals surface area contributed by atoms with Crippen LogP contribution in [0.15, 0.2) is 12.7 Å². The smallest absolute Gasteiger partial charge is 0.00952 e. The van der Waals surface area contributed by atoms with Crippen LogP contribution in [0.5, 0.6) is 0 Å². The summed E-state index contributed by atoms with van der Waals surface area (Å²) in [7, 11) is 2.11. The van der Waals surface area contributed by atoms with Gasteiger partial charge in [0, 0.05) is 6.04 Å². The molecule has 1 heteroatoms. The average molecular weight is 237 g/mol. The van der Waals surface area contributed by atoms with Gasteiger partial charge in [-0.05, 0) is 62.8 Å². The van der Waals surface area contributed by atoms with Gasteiger partial charge in [0.15, 0.2) is 0 Å². The van der Waals surface area contributed by atoms with E-state index in [0.29, 0.717) is 11.5 Å². The van der Waals surface area contributed by atoms with Crippen molar-refractivity contribution in [1.82, 2.24) is 5.32 Å². The van der Waals surface area contributed by atoms with E-state index in [0.717, 1.165) is 18.3 Å². The first kappa shape index (κ1) is 14.8. The Labute approximate surface area is 108 Å². The van der Waals surface area contributed by atoms with Gasteiger partial charge in [0.25, 0.3) is 0 Å². The van der Waals surface area contributed by atoms with Crippen molar-refractivity contribution >= 4 is 0 Å². The number of allylic oxidation sites excluding steroid dienone is 1. The Morgan fingerprint density at radius 1 is 1.24 bits per heavy atom. The predicted molar refractivity (Wildman–Crippen MR) is 77.2 cm³/mol. The van der Waals surface area contributed by atoms with Gasteiger partial charge >= 0.3 is 0 Å². The van der Waals surface area contributed by atoms with E-state index in [-0.39, 0.29) is 0 Å². The molecule has 0 bridgehead atoms. The Morgan fingerprint density at radius 2 is 1.82 bits per heavy atom. The molecule has 1 aliphatic carbocycles. The van der Waals surface area contributed by atoms with E-state index in [1.54, 1.807) is 0 Å². The van der Waals surface area contributed by atoms with E-state index >= 15 is 0 Å². The van der Waals surface area contributed by atoms with Crippen LogP contribution in [0.4, 0.5) is 0 Å². The standard InChI is InChI=1S/C16H31N/c1-6-7-8-15(17-5)13-9-11-14(12-10-13)16(2,3)4/h6,13-15,17H,1,7-12H2,2-5H3. The van der Waals surface area contributed by atoms with Crippen molar-refractivity contribution in [2.75, 3.05) is 7.05 Å². The van der Waals surface area contributed by atoms with Crippen molar-refractivity contribution in [1.29, 1.82) is 0 Å². The van der Waals surface area contributed by atoms with Gasteiger partial charge in [-0.15, -0.1) is 6.58 Å². The summed E-state index contributed by atoms with van der Waals surface area (Å²) >= 11 is 0. The minimum atomic E-state index is 0.501. The Morgan fingerprint density at radius 3 is 2.24 bits per heavy atom. The molecule has 0 aromatic heterocycles. The summed E-state index contributed by atoms with van der Waals surface area (Å²) in [4.78, 5) is 0. The molecular weight excluding hydrogens is 206 g/mol. The maximum absolute atomic E-state index is 3.83. The molecule has 0 amide bonds. The number of rotatable bonds is 5. The fourth-order valence-electron chi connectivity index (χ4n) is 3.30. The molecule has 0 saturated heterocycles. The molecule has 0 radical (unpaired) electrons. The topological polar surface area (TPSA) is 12.0 Å². The lowest BCUT2D eigenvalue weighted by Crippen LogP contribution is -2.37. The van der Waals surface area contributed by atoms with Gasteiger partial charge in [0.05, 0.1) is 0 Å². The van der Waals surface area contributed by atoms with Crippen molar-refractivity contribution in [3.8, 4) is 0 Å². The highest BCUT2D eigenvalue weighted by atomic mass is 14.9. The molecule has 1 unspecified atom stereocenters. The van der Waals surface area contributed by atoms with Crippen LogP contribution < -0.4 is 5.32 Å². The van der Waals surface area contributed by atoms with Crippen LogP contribution in [-0.2, 0) is 0 Å². The number of hydrogen-bond donors (Lipinski definition) is 1. The molecule has 0 aromatic rings. The number of hydrogen-bond acceptors (Lipinski definition) is 1. The lowest BCUT2D eigenvalue weighted by atomic mass is 9.68. The van der Waals surface area contributed by atoms with Crippen LogP contribution in [0.1, 0.15) is 59.3 Å². The second-order valence-electron chi connectivity index (χ2n) is 6.74. The number of nitrogens with one attached hydrogen (secondary N) is 1. The van der Waals surface area contributed by atoms with Crippen LogP contribution in [-0.4, -0.2) is 13.1 Å². The molecular formula is C16H31N. The first-order valence-corrected chi connectivity index (χ1v) is 7.27. The third-order valence-electron chi connectivity index (χ3n) is 4.62. The van der Waals surface area contributed by atoms with Gasteiger partial charge in [-0.25, -0.2) is 0 Å². The minimum absolute atomic E-state index is 0.501. The zero-order chi connectivity index (χ0) is 12.9. The summed E-state index contributed by atoms with van der Waals surface area (Å²) in [5.41, 5.74) is 0.501. The van der Waals surface area contributed by atoms with E-state index in [1.165, 1.54) is 32.1 Å². The lowest BCUT2D eigenvalue weighted by molar-refractivity contribution is 0.132. The molecule has 0 aliphatic heterocycles. The summed E-state index contributed by atoms with van der Waals surface area (Å²) in [6.45, 7) is 11.0. The highest BCUT2D eigenvalue weighted by molar-refractivity contribution is 4.86. The molecule has 17 heavy (non-hydrogen) atoms. The molecule has 1 N–H and O–H groups in total. The first-order chi connectivity index (χ1) is 7.99. The third-order valence-corrected chi connectivity index (χ3v) is 4.62. The molecule has 1 atom stereocenters. The maximum Gasteiger partial charge on any atom is 0.00952 e. The Balaban J connectivity index is 2.41. The highest BCUT2D eigenvalue weighted by Gasteiger charge is 2.31. The van der Waals surface area contributed by atoms with Gasteiger partial charge in [0.1, 0.15) is 0 Å². The van der Waals surface area contributed by atoms with Crippen LogP contribution in [0.3, 0.4) is 0 Å².